The third-order valence-electron chi connectivity index (χ3n) is 6.87. The fourth-order valence-electron chi connectivity index (χ4n) is 5.00. The van der Waals surface area contributed by atoms with E-state index in [9.17, 15) is 14.3 Å². The normalized spacial score (nSPS) is 19.5. The molecule has 2 unspecified atom stereocenters. The molecule has 2 aliphatic rings. The second kappa shape index (κ2) is 14.9. The Morgan fingerprint density at radius 3 is 2.91 bits per heavy atom. The number of carbonyl (C=O) groups is 1. The number of carboxylic acids is 1. The van der Waals surface area contributed by atoms with Crippen molar-refractivity contribution in [3.8, 4) is 5.75 Å². The van der Waals surface area contributed by atoms with Crippen LogP contribution in [0.1, 0.15) is 69.4 Å². The third kappa shape index (κ3) is 8.97. The Balaban J connectivity index is 1.42. The average Bonchev–Trinajstić information content (AvgIpc) is 3.31. The summed E-state index contributed by atoms with van der Waals surface area (Å²) >= 11 is 0. The zero-order valence-electron chi connectivity index (χ0n) is 21.0. The van der Waals surface area contributed by atoms with Crippen LogP contribution in [-0.4, -0.2) is 55.9 Å². The number of aliphatic carboxylic acids is 1. The van der Waals surface area contributed by atoms with E-state index in [1.165, 1.54) is 62.3 Å². The Bertz CT molecular complexity index is 857. The molecule has 2 N–H and O–H groups in total. The van der Waals surface area contributed by atoms with Gasteiger partial charge in [-0.15, -0.1) is 0 Å². The zero-order chi connectivity index (χ0) is 24.9. The minimum absolute atomic E-state index is 0.287. The maximum Gasteiger partial charge on any atom is 0.325 e. The molecular weight excluding hydrogens is 447 g/mol. The Hall–Kier alpha value is -2.38. The molecular formula is C28H41FN2O4. The lowest BCUT2D eigenvalue weighted by Crippen LogP contribution is -2.33. The molecule has 6 nitrogen and oxygen atoms in total. The van der Waals surface area contributed by atoms with Crippen molar-refractivity contribution in [2.24, 2.45) is 5.92 Å². The molecule has 0 spiro atoms. The summed E-state index contributed by atoms with van der Waals surface area (Å²) in [7, 11) is 1.57. The molecule has 0 aromatic heterocycles. The largest absolute Gasteiger partial charge is 0.491 e. The van der Waals surface area contributed by atoms with Crippen LogP contribution >= 0.6 is 0 Å². The Morgan fingerprint density at radius 1 is 1.29 bits per heavy atom. The van der Waals surface area contributed by atoms with E-state index < -0.39 is 17.8 Å². The SMILES string of the molecule is COCCOc1ccc(F)cc1C(C(=O)O)N1CCC(CCCCCC/C=C\C2=CNCCC2)C1. The third-order valence-corrected chi connectivity index (χ3v) is 6.87. The monoisotopic (exact) mass is 488 g/mol. The van der Waals surface area contributed by atoms with Crippen LogP contribution in [0.25, 0.3) is 0 Å². The van der Waals surface area contributed by atoms with E-state index >= 15 is 0 Å². The second-order valence-corrected chi connectivity index (χ2v) is 9.58. The second-order valence-electron chi connectivity index (χ2n) is 9.58. The molecule has 1 aromatic carbocycles. The van der Waals surface area contributed by atoms with Gasteiger partial charge in [0.1, 0.15) is 24.2 Å². The number of likely N-dealkylation sites (tertiary alicyclic amines) is 1. The van der Waals surface area contributed by atoms with Crippen molar-refractivity contribution in [2.75, 3.05) is 40.0 Å². The van der Waals surface area contributed by atoms with Crippen molar-refractivity contribution in [3.63, 3.8) is 0 Å². The predicted octanol–water partition coefficient (Wildman–Crippen LogP) is 5.46. The molecule has 0 radical (unpaired) electrons. The van der Waals surface area contributed by atoms with Gasteiger partial charge in [0.25, 0.3) is 0 Å². The van der Waals surface area contributed by atoms with Gasteiger partial charge in [-0.1, -0.05) is 31.4 Å². The number of hydrogen-bond acceptors (Lipinski definition) is 5. The van der Waals surface area contributed by atoms with Gasteiger partial charge in [0.15, 0.2) is 0 Å². The van der Waals surface area contributed by atoms with Gasteiger partial charge in [-0.05, 0) is 81.0 Å². The molecule has 2 atom stereocenters. The highest BCUT2D eigenvalue weighted by molar-refractivity contribution is 5.76. The molecule has 0 saturated carbocycles. The van der Waals surface area contributed by atoms with E-state index in [4.69, 9.17) is 9.47 Å². The molecule has 0 bridgehead atoms. The first-order valence-corrected chi connectivity index (χ1v) is 13.1. The Labute approximate surface area is 209 Å². The van der Waals surface area contributed by atoms with Crippen LogP contribution in [-0.2, 0) is 9.53 Å². The van der Waals surface area contributed by atoms with Gasteiger partial charge in [-0.25, -0.2) is 4.39 Å². The van der Waals surface area contributed by atoms with Crippen molar-refractivity contribution in [1.29, 1.82) is 0 Å². The van der Waals surface area contributed by atoms with Gasteiger partial charge in [-0.2, -0.15) is 0 Å². The summed E-state index contributed by atoms with van der Waals surface area (Å²) in [6.07, 6.45) is 17.1. The highest BCUT2D eigenvalue weighted by Crippen LogP contribution is 2.35. The quantitative estimate of drug-likeness (QED) is 0.319. The van der Waals surface area contributed by atoms with Crippen LogP contribution in [0.2, 0.25) is 0 Å². The molecule has 1 fully saturated rings. The predicted molar refractivity (Wildman–Crippen MR) is 136 cm³/mol. The van der Waals surface area contributed by atoms with Crippen molar-refractivity contribution >= 4 is 5.97 Å². The van der Waals surface area contributed by atoms with E-state index in [0.29, 0.717) is 30.4 Å². The van der Waals surface area contributed by atoms with Gasteiger partial charge in [0, 0.05) is 25.8 Å². The standard InChI is InChI=1S/C28H41FN2O4/c1-34-17-18-35-26-13-12-24(29)19-25(26)27(28(32)33)31-16-14-23(21-31)10-7-5-3-2-4-6-9-22-11-8-15-30-20-22/h6,9,12-13,19-20,23,27,30H,2-5,7-8,10-11,14-18,21H2,1H3,(H,32,33)/b9-6-. The highest BCUT2D eigenvalue weighted by Gasteiger charge is 2.35. The molecule has 0 amide bonds. The van der Waals surface area contributed by atoms with E-state index in [0.717, 1.165) is 32.4 Å². The van der Waals surface area contributed by atoms with Crippen LogP contribution in [0.4, 0.5) is 4.39 Å². The molecule has 3 rings (SSSR count). The summed E-state index contributed by atoms with van der Waals surface area (Å²) < 4.78 is 24.8. The van der Waals surface area contributed by atoms with Gasteiger partial charge in [0.2, 0.25) is 0 Å². The highest BCUT2D eigenvalue weighted by atomic mass is 19.1. The number of methoxy groups -OCH3 is 1. The number of nitrogens with zero attached hydrogens (tertiary/aromatic N) is 1. The van der Waals surface area contributed by atoms with E-state index in [2.05, 4.69) is 23.7 Å². The van der Waals surface area contributed by atoms with Gasteiger partial charge < -0.3 is 19.9 Å². The van der Waals surface area contributed by atoms with E-state index in [1.807, 2.05) is 4.90 Å². The first kappa shape index (κ1) is 27.2. The smallest absolute Gasteiger partial charge is 0.325 e. The minimum Gasteiger partial charge on any atom is -0.491 e. The molecule has 1 saturated heterocycles. The van der Waals surface area contributed by atoms with Crippen LogP contribution in [0.5, 0.6) is 5.75 Å². The molecule has 194 valence electrons. The summed E-state index contributed by atoms with van der Waals surface area (Å²) in [5.41, 5.74) is 1.77. The summed E-state index contributed by atoms with van der Waals surface area (Å²) in [5, 5.41) is 13.3. The fourth-order valence-corrected chi connectivity index (χ4v) is 5.00. The summed E-state index contributed by atoms with van der Waals surface area (Å²) in [4.78, 5) is 14.2. The summed E-state index contributed by atoms with van der Waals surface area (Å²) in [5.74, 6) is -0.540. The number of benzene rings is 1. The molecule has 2 aliphatic heterocycles. The summed E-state index contributed by atoms with van der Waals surface area (Å²) in [6, 6.07) is 3.21. The van der Waals surface area contributed by atoms with E-state index in [1.54, 1.807) is 7.11 Å². The topological polar surface area (TPSA) is 71.0 Å². The van der Waals surface area contributed by atoms with Crippen LogP contribution < -0.4 is 10.1 Å². The molecule has 7 heteroatoms. The lowest BCUT2D eigenvalue weighted by molar-refractivity contribution is -0.143. The van der Waals surface area contributed by atoms with Crippen LogP contribution in [0.15, 0.2) is 42.1 Å². The number of nitrogens with one attached hydrogen (secondary N) is 1. The maximum atomic E-state index is 14.0. The van der Waals surface area contributed by atoms with Crippen molar-refractivity contribution in [1.82, 2.24) is 10.2 Å². The van der Waals surface area contributed by atoms with E-state index in [-0.39, 0.29) is 6.61 Å². The number of unbranched alkanes of at least 4 members (excludes halogenated alkanes) is 4. The first-order valence-electron chi connectivity index (χ1n) is 13.1. The molecule has 0 aliphatic carbocycles. The van der Waals surface area contributed by atoms with Crippen LogP contribution in [0, 0.1) is 11.7 Å². The average molecular weight is 489 g/mol. The number of hydrogen-bond donors (Lipinski definition) is 2. The maximum absolute atomic E-state index is 14.0. The molecule has 1 aromatic rings. The lowest BCUT2D eigenvalue weighted by Gasteiger charge is -2.26. The number of rotatable bonds is 15. The Morgan fingerprint density at radius 2 is 2.14 bits per heavy atom. The van der Waals surface area contributed by atoms with Crippen LogP contribution in [0.3, 0.4) is 0 Å². The summed E-state index contributed by atoms with van der Waals surface area (Å²) in [6.45, 7) is 3.17. The Kier molecular flexibility index (Phi) is 11.6. The van der Waals surface area contributed by atoms with Crippen molar-refractivity contribution in [2.45, 2.75) is 63.8 Å². The number of allylic oxidation sites excluding steroid dienone is 3. The number of ether oxygens (including phenoxy) is 2. The first-order chi connectivity index (χ1) is 17.1. The van der Waals surface area contributed by atoms with Gasteiger partial charge in [-0.3, -0.25) is 9.69 Å². The fraction of sp³-hybridized carbons (Fsp3) is 0.607. The number of halogens is 1. The minimum atomic E-state index is -0.972. The van der Waals surface area contributed by atoms with Gasteiger partial charge in [0.05, 0.1) is 6.61 Å². The molecule has 2 heterocycles. The zero-order valence-corrected chi connectivity index (χ0v) is 21.0. The van der Waals surface area contributed by atoms with Gasteiger partial charge >= 0.3 is 5.97 Å². The van der Waals surface area contributed by atoms with Crippen molar-refractivity contribution in [3.05, 3.63) is 53.5 Å². The lowest BCUT2D eigenvalue weighted by atomic mass is 9.99. The van der Waals surface area contributed by atoms with Crippen molar-refractivity contribution < 1.29 is 23.8 Å². The number of carboxylic acid groups (broad SMARTS) is 1. The molecule has 35 heavy (non-hydrogen) atoms.